The van der Waals surface area contributed by atoms with Crippen LogP contribution in [-0.4, -0.2) is 50.1 Å². The number of benzene rings is 1. The predicted octanol–water partition coefficient (Wildman–Crippen LogP) is 4.01. The summed E-state index contributed by atoms with van der Waals surface area (Å²) in [6.07, 6.45) is 4.93. The first-order valence-electron chi connectivity index (χ1n) is 10.0. The number of rotatable bonds is 11. The van der Waals surface area contributed by atoms with Crippen molar-refractivity contribution in [1.82, 2.24) is 15.5 Å². The fourth-order valence-corrected chi connectivity index (χ4v) is 3.26. The Morgan fingerprint density at radius 1 is 1.04 bits per heavy atom. The van der Waals surface area contributed by atoms with Gasteiger partial charge >= 0.3 is 0 Å². The quantitative estimate of drug-likeness (QED) is 0.221. The molecule has 0 bridgehead atoms. The van der Waals surface area contributed by atoms with Gasteiger partial charge in [0.1, 0.15) is 0 Å². The molecule has 148 valence electrons. The summed E-state index contributed by atoms with van der Waals surface area (Å²) in [5.74, 6) is 0.965. The van der Waals surface area contributed by atoms with E-state index in [9.17, 15) is 0 Å². The highest BCUT2D eigenvalue weighted by Crippen LogP contribution is 2.48. The third-order valence-corrected chi connectivity index (χ3v) is 5.21. The number of hydrogen-bond acceptors (Lipinski definition) is 2. The zero-order valence-electron chi connectivity index (χ0n) is 16.8. The monoisotopic (exact) mass is 472 g/mol. The molecule has 1 aromatic rings. The van der Waals surface area contributed by atoms with Crippen LogP contribution in [0.1, 0.15) is 52.0 Å². The molecule has 0 radical (unpaired) electrons. The van der Waals surface area contributed by atoms with E-state index in [0.717, 1.165) is 38.7 Å². The third-order valence-electron chi connectivity index (χ3n) is 5.21. The average molecular weight is 472 g/mol. The first-order chi connectivity index (χ1) is 12.2. The maximum Gasteiger partial charge on any atom is 0.191 e. The molecular formula is C21H37IN4. The van der Waals surface area contributed by atoms with E-state index in [1.54, 1.807) is 0 Å². The van der Waals surface area contributed by atoms with Crippen LogP contribution in [0.5, 0.6) is 0 Å². The molecule has 0 spiro atoms. The van der Waals surface area contributed by atoms with Gasteiger partial charge in [0, 0.05) is 18.5 Å². The van der Waals surface area contributed by atoms with Crippen molar-refractivity contribution in [3.8, 4) is 0 Å². The Kier molecular flexibility index (Phi) is 11.2. The van der Waals surface area contributed by atoms with Gasteiger partial charge in [-0.2, -0.15) is 0 Å². The molecule has 2 rings (SSSR count). The number of guanidine groups is 1. The number of nitrogens with zero attached hydrogens (tertiary/aromatic N) is 2. The molecule has 1 fully saturated rings. The van der Waals surface area contributed by atoms with Gasteiger partial charge in [-0.3, -0.25) is 4.99 Å². The van der Waals surface area contributed by atoms with Crippen LogP contribution in [-0.2, 0) is 5.41 Å². The lowest BCUT2D eigenvalue weighted by molar-refractivity contribution is 0.297. The molecule has 1 aromatic carbocycles. The van der Waals surface area contributed by atoms with Gasteiger partial charge in [-0.1, -0.05) is 44.2 Å². The highest BCUT2D eigenvalue weighted by Gasteiger charge is 2.43. The molecule has 2 N–H and O–H groups in total. The van der Waals surface area contributed by atoms with Crippen LogP contribution in [0, 0.1) is 0 Å². The summed E-state index contributed by atoms with van der Waals surface area (Å²) in [6.45, 7) is 12.9. The van der Waals surface area contributed by atoms with E-state index in [2.05, 4.69) is 66.6 Å². The molecule has 0 heterocycles. The minimum Gasteiger partial charge on any atom is -0.357 e. The van der Waals surface area contributed by atoms with Gasteiger partial charge in [-0.15, -0.1) is 24.0 Å². The molecule has 5 heteroatoms. The number of halogens is 1. The van der Waals surface area contributed by atoms with Gasteiger partial charge in [0.2, 0.25) is 0 Å². The van der Waals surface area contributed by atoms with Crippen molar-refractivity contribution in [2.24, 2.45) is 4.99 Å². The van der Waals surface area contributed by atoms with Crippen molar-refractivity contribution < 1.29 is 0 Å². The van der Waals surface area contributed by atoms with Gasteiger partial charge in [0.15, 0.2) is 5.96 Å². The van der Waals surface area contributed by atoms with Gasteiger partial charge < -0.3 is 15.5 Å². The number of nitrogens with one attached hydrogen (secondary N) is 2. The molecule has 0 unspecified atom stereocenters. The fraction of sp³-hybridized carbons (Fsp3) is 0.667. The summed E-state index contributed by atoms with van der Waals surface area (Å²) in [5.41, 5.74) is 1.72. The number of unbranched alkanes of at least 4 members (excludes halogenated alkanes) is 1. The van der Waals surface area contributed by atoms with E-state index in [0.29, 0.717) is 0 Å². The fourth-order valence-electron chi connectivity index (χ4n) is 3.26. The molecule has 0 amide bonds. The zero-order valence-corrected chi connectivity index (χ0v) is 19.1. The van der Waals surface area contributed by atoms with Crippen LogP contribution >= 0.6 is 24.0 Å². The summed E-state index contributed by atoms with van der Waals surface area (Å²) in [6, 6.07) is 10.9. The SMILES string of the molecule is CCNC(=NCC1(c2ccccc2)CC1)NCCCCN(CC)CC.I. The van der Waals surface area contributed by atoms with Gasteiger partial charge in [-0.05, 0) is 57.8 Å². The van der Waals surface area contributed by atoms with E-state index < -0.39 is 0 Å². The molecule has 1 aliphatic rings. The Morgan fingerprint density at radius 3 is 2.31 bits per heavy atom. The summed E-state index contributed by atoms with van der Waals surface area (Å²) in [7, 11) is 0. The van der Waals surface area contributed by atoms with Crippen molar-refractivity contribution in [2.45, 2.75) is 51.9 Å². The van der Waals surface area contributed by atoms with Crippen LogP contribution in [0.4, 0.5) is 0 Å². The van der Waals surface area contributed by atoms with Crippen LogP contribution < -0.4 is 10.6 Å². The van der Waals surface area contributed by atoms with Gasteiger partial charge in [-0.25, -0.2) is 0 Å². The highest BCUT2D eigenvalue weighted by atomic mass is 127. The lowest BCUT2D eigenvalue weighted by Crippen LogP contribution is -2.38. The second-order valence-corrected chi connectivity index (χ2v) is 7.00. The Labute approximate surface area is 177 Å². The Morgan fingerprint density at radius 2 is 1.73 bits per heavy atom. The van der Waals surface area contributed by atoms with E-state index in [-0.39, 0.29) is 29.4 Å². The normalized spacial score (nSPS) is 15.5. The standard InChI is InChI=1S/C21H36N4.HI/c1-4-22-20(23-16-10-11-17-25(5-2)6-3)24-18-21(14-15-21)19-12-8-7-9-13-19;/h7-9,12-13H,4-6,10-11,14-18H2,1-3H3,(H2,22,23,24);1H. The molecule has 0 aliphatic heterocycles. The molecule has 0 atom stereocenters. The van der Waals surface area contributed by atoms with Crippen LogP contribution in [0.3, 0.4) is 0 Å². The minimum atomic E-state index is 0. The Hall–Kier alpha value is -0.820. The molecule has 1 aliphatic carbocycles. The number of hydrogen-bond donors (Lipinski definition) is 2. The van der Waals surface area contributed by atoms with Crippen molar-refractivity contribution in [2.75, 3.05) is 39.3 Å². The Balaban J connectivity index is 0.00000338. The summed E-state index contributed by atoms with van der Waals surface area (Å²) in [4.78, 5) is 7.36. The smallest absolute Gasteiger partial charge is 0.191 e. The van der Waals surface area contributed by atoms with E-state index in [1.807, 2.05) is 0 Å². The van der Waals surface area contributed by atoms with E-state index in [4.69, 9.17) is 4.99 Å². The molecule has 1 saturated carbocycles. The van der Waals surface area contributed by atoms with Crippen molar-refractivity contribution in [3.05, 3.63) is 35.9 Å². The van der Waals surface area contributed by atoms with Crippen molar-refractivity contribution in [1.29, 1.82) is 0 Å². The maximum atomic E-state index is 4.87. The largest absolute Gasteiger partial charge is 0.357 e. The molecular weight excluding hydrogens is 435 g/mol. The lowest BCUT2D eigenvalue weighted by Gasteiger charge is -2.18. The van der Waals surface area contributed by atoms with E-state index >= 15 is 0 Å². The summed E-state index contributed by atoms with van der Waals surface area (Å²) < 4.78 is 0. The molecule has 0 saturated heterocycles. The predicted molar refractivity (Wildman–Crippen MR) is 124 cm³/mol. The topological polar surface area (TPSA) is 39.7 Å². The van der Waals surface area contributed by atoms with Crippen LogP contribution in [0.15, 0.2) is 35.3 Å². The van der Waals surface area contributed by atoms with Gasteiger partial charge in [0.25, 0.3) is 0 Å². The van der Waals surface area contributed by atoms with Crippen molar-refractivity contribution >= 4 is 29.9 Å². The van der Waals surface area contributed by atoms with Crippen molar-refractivity contribution in [3.63, 3.8) is 0 Å². The molecule has 0 aromatic heterocycles. The first-order valence-corrected chi connectivity index (χ1v) is 10.0. The lowest BCUT2D eigenvalue weighted by atomic mass is 9.96. The second-order valence-electron chi connectivity index (χ2n) is 7.00. The first kappa shape index (κ1) is 23.2. The van der Waals surface area contributed by atoms with Crippen LogP contribution in [0.25, 0.3) is 0 Å². The third kappa shape index (κ3) is 7.43. The number of aliphatic imine (C=N–C) groups is 1. The second kappa shape index (κ2) is 12.5. The van der Waals surface area contributed by atoms with Crippen LogP contribution in [0.2, 0.25) is 0 Å². The average Bonchev–Trinajstić information content (AvgIpc) is 3.44. The minimum absolute atomic E-state index is 0. The summed E-state index contributed by atoms with van der Waals surface area (Å²) in [5, 5.41) is 6.89. The summed E-state index contributed by atoms with van der Waals surface area (Å²) >= 11 is 0. The maximum absolute atomic E-state index is 4.87. The molecule has 4 nitrogen and oxygen atoms in total. The zero-order chi connectivity index (χ0) is 18.0. The molecule has 26 heavy (non-hydrogen) atoms. The Bertz CT molecular complexity index is 510. The van der Waals surface area contributed by atoms with Gasteiger partial charge in [0.05, 0.1) is 6.54 Å². The highest BCUT2D eigenvalue weighted by molar-refractivity contribution is 14.0. The van der Waals surface area contributed by atoms with E-state index in [1.165, 1.54) is 37.8 Å².